The quantitative estimate of drug-likeness (QED) is 0.473. The van der Waals surface area contributed by atoms with E-state index < -0.39 is 0 Å². The maximum atomic E-state index is 5.01. The molecule has 0 aromatic rings. The minimum Gasteiger partial charge on any atom is -0.379 e. The first kappa shape index (κ1) is 35.0. The summed E-state index contributed by atoms with van der Waals surface area (Å²) in [6, 6.07) is 0. The van der Waals surface area contributed by atoms with Crippen molar-refractivity contribution < 1.29 is 4.74 Å². The Balaban J connectivity index is -0.000000125. The predicted molar refractivity (Wildman–Crippen MR) is 135 cm³/mol. The average Bonchev–Trinajstić information content (AvgIpc) is 3.27. The Morgan fingerprint density at radius 2 is 0.815 bits per heavy atom. The van der Waals surface area contributed by atoms with E-state index >= 15 is 0 Å². The highest BCUT2D eigenvalue weighted by Crippen LogP contribution is 2.15. The fourth-order valence-electron chi connectivity index (χ4n) is 2.51. The van der Waals surface area contributed by atoms with Gasteiger partial charge in [0.1, 0.15) is 0 Å². The maximum Gasteiger partial charge on any atom is 0.0591 e. The van der Waals surface area contributed by atoms with Crippen LogP contribution in [0.1, 0.15) is 81.1 Å². The second-order valence-electron chi connectivity index (χ2n) is 6.17. The van der Waals surface area contributed by atoms with E-state index in [9.17, 15) is 0 Å². The lowest BCUT2D eigenvalue weighted by Crippen LogP contribution is -2.30. The number of morpholine rings is 1. The molecule has 4 heterocycles. The molecule has 0 aromatic heterocycles. The standard InChI is InChI=1S/C5H11N.C5H10S.C4H9NO.C4H8S.4CH4/c2*1-2-4-6-5-3-1;1-3-6-4-2-5-1;1-2-4-5-3-1;;;;/h6H,1-5H2;1-5H2;5H,1-4H2;1-4H2;4*1H4. The van der Waals surface area contributed by atoms with Crippen molar-refractivity contribution in [3.05, 3.63) is 0 Å². The summed E-state index contributed by atoms with van der Waals surface area (Å²) in [6.07, 6.45) is 11.5. The van der Waals surface area contributed by atoms with Crippen LogP contribution in [0.25, 0.3) is 0 Å². The minimum atomic E-state index is 0. The van der Waals surface area contributed by atoms with Gasteiger partial charge in [0.25, 0.3) is 0 Å². The van der Waals surface area contributed by atoms with Crippen LogP contribution in [0.15, 0.2) is 0 Å². The van der Waals surface area contributed by atoms with Gasteiger partial charge in [-0.3, -0.25) is 0 Å². The zero-order chi connectivity index (χ0) is 16.3. The molecule has 170 valence electrons. The summed E-state index contributed by atoms with van der Waals surface area (Å²) in [6.45, 7) is 6.33. The third-order valence-electron chi connectivity index (χ3n) is 3.96. The van der Waals surface area contributed by atoms with Gasteiger partial charge in [-0.2, -0.15) is 23.5 Å². The average molecular weight is 427 g/mol. The number of ether oxygens (including phenoxy) is 1. The van der Waals surface area contributed by atoms with E-state index in [1.165, 1.54) is 87.5 Å². The molecule has 0 aliphatic carbocycles. The van der Waals surface area contributed by atoms with Gasteiger partial charge in [-0.05, 0) is 74.6 Å². The summed E-state index contributed by atoms with van der Waals surface area (Å²) in [4.78, 5) is 0. The maximum absolute atomic E-state index is 5.01. The molecular weight excluding hydrogens is 372 g/mol. The van der Waals surface area contributed by atoms with Gasteiger partial charge in [0.15, 0.2) is 0 Å². The van der Waals surface area contributed by atoms with E-state index in [4.69, 9.17) is 4.74 Å². The predicted octanol–water partition coefficient (Wildman–Crippen LogP) is 6.33. The van der Waals surface area contributed by atoms with Gasteiger partial charge in [-0.1, -0.05) is 42.5 Å². The highest BCUT2D eigenvalue weighted by atomic mass is 32.2. The fraction of sp³-hybridized carbons (Fsp3) is 1.00. The SMILES string of the molecule is C.C.C.C.C1CCNCC1.C1CCSC1.C1CCSCC1.C1COCCN1. The lowest BCUT2D eigenvalue weighted by Gasteiger charge is -2.10. The summed E-state index contributed by atoms with van der Waals surface area (Å²) in [5.74, 6) is 5.67. The highest BCUT2D eigenvalue weighted by molar-refractivity contribution is 7.99. The van der Waals surface area contributed by atoms with Crippen LogP contribution in [0.4, 0.5) is 0 Å². The van der Waals surface area contributed by atoms with Crippen molar-refractivity contribution in [3.8, 4) is 0 Å². The molecule has 0 atom stereocenters. The van der Waals surface area contributed by atoms with Crippen LogP contribution < -0.4 is 10.6 Å². The van der Waals surface area contributed by atoms with E-state index in [0.29, 0.717) is 0 Å². The summed E-state index contributed by atoms with van der Waals surface area (Å²) in [5, 5.41) is 6.44. The number of rotatable bonds is 0. The molecule has 4 aliphatic heterocycles. The number of nitrogens with one attached hydrogen (secondary N) is 2. The zero-order valence-electron chi connectivity index (χ0n) is 15.0. The Kier molecular flexibility index (Phi) is 40.6. The topological polar surface area (TPSA) is 33.3 Å². The van der Waals surface area contributed by atoms with Crippen molar-refractivity contribution in [1.82, 2.24) is 10.6 Å². The summed E-state index contributed by atoms with van der Waals surface area (Å²) >= 11 is 4.17. The van der Waals surface area contributed by atoms with Gasteiger partial charge in [0.05, 0.1) is 13.2 Å². The lowest BCUT2D eigenvalue weighted by molar-refractivity contribution is 0.109. The van der Waals surface area contributed by atoms with Gasteiger partial charge >= 0.3 is 0 Å². The van der Waals surface area contributed by atoms with Crippen molar-refractivity contribution in [1.29, 1.82) is 0 Å². The number of piperidine rings is 1. The molecule has 5 heteroatoms. The van der Waals surface area contributed by atoms with E-state index in [1.807, 2.05) is 0 Å². The van der Waals surface area contributed by atoms with E-state index in [2.05, 4.69) is 34.2 Å². The Bertz CT molecular complexity index is 148. The molecule has 4 fully saturated rings. The van der Waals surface area contributed by atoms with Crippen molar-refractivity contribution in [2.75, 3.05) is 62.4 Å². The second-order valence-corrected chi connectivity index (χ2v) is 8.62. The van der Waals surface area contributed by atoms with Crippen molar-refractivity contribution >= 4 is 23.5 Å². The van der Waals surface area contributed by atoms with Crippen molar-refractivity contribution in [2.24, 2.45) is 0 Å². The largest absolute Gasteiger partial charge is 0.379 e. The van der Waals surface area contributed by atoms with Crippen LogP contribution >= 0.6 is 23.5 Å². The van der Waals surface area contributed by atoms with Gasteiger partial charge in [0, 0.05) is 13.1 Å². The summed E-state index contributed by atoms with van der Waals surface area (Å²) in [7, 11) is 0. The molecule has 0 amide bonds. The third-order valence-corrected chi connectivity index (χ3v) is 6.27. The normalized spacial score (nSPS) is 20.4. The van der Waals surface area contributed by atoms with E-state index in [1.54, 1.807) is 0 Å². The first-order chi connectivity index (χ1) is 11.5. The molecule has 0 bridgehead atoms. The Labute approximate surface area is 182 Å². The molecular formula is C22H54N2OS2. The van der Waals surface area contributed by atoms with Crippen molar-refractivity contribution in [3.63, 3.8) is 0 Å². The number of hydrogen-bond acceptors (Lipinski definition) is 5. The monoisotopic (exact) mass is 426 g/mol. The van der Waals surface area contributed by atoms with Crippen LogP contribution in [-0.4, -0.2) is 62.4 Å². The zero-order valence-corrected chi connectivity index (χ0v) is 16.6. The Hall–Kier alpha value is 0.580. The van der Waals surface area contributed by atoms with Crippen LogP contribution in [0.5, 0.6) is 0 Å². The molecule has 4 rings (SSSR count). The highest BCUT2D eigenvalue weighted by Gasteiger charge is 1.96. The number of hydrogen-bond donors (Lipinski definition) is 2. The van der Waals surface area contributed by atoms with Gasteiger partial charge in [-0.25, -0.2) is 0 Å². The second kappa shape index (κ2) is 31.3. The van der Waals surface area contributed by atoms with E-state index in [-0.39, 0.29) is 29.7 Å². The Morgan fingerprint density at radius 1 is 0.444 bits per heavy atom. The van der Waals surface area contributed by atoms with Gasteiger partial charge in [0.2, 0.25) is 0 Å². The van der Waals surface area contributed by atoms with Gasteiger partial charge in [-0.15, -0.1) is 0 Å². The first-order valence-electron chi connectivity index (χ1n) is 9.65. The minimum absolute atomic E-state index is 0. The molecule has 0 radical (unpaired) electrons. The number of thioether (sulfide) groups is 2. The molecule has 0 saturated carbocycles. The molecule has 2 N–H and O–H groups in total. The van der Waals surface area contributed by atoms with Gasteiger partial charge < -0.3 is 15.4 Å². The molecule has 0 spiro atoms. The molecule has 4 aliphatic rings. The van der Waals surface area contributed by atoms with Crippen LogP contribution in [0.3, 0.4) is 0 Å². The molecule has 4 saturated heterocycles. The molecule has 0 aromatic carbocycles. The smallest absolute Gasteiger partial charge is 0.0591 e. The van der Waals surface area contributed by atoms with E-state index in [0.717, 1.165) is 26.3 Å². The first-order valence-corrected chi connectivity index (χ1v) is 12.0. The molecule has 27 heavy (non-hydrogen) atoms. The lowest BCUT2D eigenvalue weighted by atomic mass is 10.2. The van der Waals surface area contributed by atoms with Crippen LogP contribution in [0, 0.1) is 0 Å². The van der Waals surface area contributed by atoms with Crippen LogP contribution in [0.2, 0.25) is 0 Å². The molecule has 3 nitrogen and oxygen atoms in total. The third kappa shape index (κ3) is 28.9. The molecule has 0 unspecified atom stereocenters. The Morgan fingerprint density at radius 3 is 0.963 bits per heavy atom. The fourth-order valence-corrected chi connectivity index (χ4v) is 4.56. The van der Waals surface area contributed by atoms with Crippen molar-refractivity contribution in [2.45, 2.75) is 81.1 Å². The van der Waals surface area contributed by atoms with Crippen LogP contribution in [-0.2, 0) is 4.74 Å². The summed E-state index contributed by atoms with van der Waals surface area (Å²) < 4.78 is 5.01. The summed E-state index contributed by atoms with van der Waals surface area (Å²) in [5.41, 5.74) is 0.